The number of likely N-dealkylation sites (tertiary alicyclic amines) is 1. The number of fused-ring (bicyclic) bond motifs is 2. The number of anilines is 1. The van der Waals surface area contributed by atoms with E-state index in [4.69, 9.17) is 4.74 Å². The van der Waals surface area contributed by atoms with Gasteiger partial charge in [0.15, 0.2) is 0 Å². The molecule has 0 atom stereocenters. The zero-order chi connectivity index (χ0) is 15.4. The van der Waals surface area contributed by atoms with Gasteiger partial charge in [-0.2, -0.15) is 0 Å². The van der Waals surface area contributed by atoms with E-state index in [1.165, 1.54) is 0 Å². The van der Waals surface area contributed by atoms with Crippen LogP contribution in [0.25, 0.3) is 0 Å². The number of ether oxygens (including phenoxy) is 1. The maximum Gasteiger partial charge on any atom is 0.410 e. The standard InChI is InChI=1S/C16H20N2O3/c1-10-5-6-11-12(7-10)17-13(19)16(11)8-18(9-16)14(20)21-15(2,3)4/h5-7H,8-9H2,1-4H3,(H,17,19). The van der Waals surface area contributed by atoms with Crippen LogP contribution in [0.1, 0.15) is 31.9 Å². The normalized spacial score (nSPS) is 19.0. The van der Waals surface area contributed by atoms with E-state index in [-0.39, 0.29) is 12.0 Å². The minimum Gasteiger partial charge on any atom is -0.444 e. The van der Waals surface area contributed by atoms with Gasteiger partial charge >= 0.3 is 6.09 Å². The summed E-state index contributed by atoms with van der Waals surface area (Å²) < 4.78 is 5.34. The highest BCUT2D eigenvalue weighted by Gasteiger charge is 2.57. The van der Waals surface area contributed by atoms with Gasteiger partial charge in [-0.1, -0.05) is 12.1 Å². The first kappa shape index (κ1) is 13.9. The summed E-state index contributed by atoms with van der Waals surface area (Å²) in [6.07, 6.45) is -0.360. The predicted octanol–water partition coefficient (Wildman–Crippen LogP) is 2.44. The van der Waals surface area contributed by atoms with E-state index in [1.54, 1.807) is 4.90 Å². The molecule has 1 aromatic carbocycles. The molecule has 0 aromatic heterocycles. The molecule has 3 rings (SSSR count). The number of amides is 2. The molecule has 0 bridgehead atoms. The fourth-order valence-electron chi connectivity index (χ4n) is 2.92. The molecule has 2 aliphatic rings. The topological polar surface area (TPSA) is 58.6 Å². The van der Waals surface area contributed by atoms with Crippen LogP contribution in [-0.4, -0.2) is 35.6 Å². The lowest BCUT2D eigenvalue weighted by molar-refractivity contribution is -0.126. The Hall–Kier alpha value is -2.04. The summed E-state index contributed by atoms with van der Waals surface area (Å²) >= 11 is 0. The summed E-state index contributed by atoms with van der Waals surface area (Å²) in [7, 11) is 0. The molecule has 5 nitrogen and oxygen atoms in total. The van der Waals surface area contributed by atoms with Crippen LogP contribution < -0.4 is 5.32 Å². The van der Waals surface area contributed by atoms with Crippen LogP contribution in [0.2, 0.25) is 0 Å². The van der Waals surface area contributed by atoms with Crippen molar-refractivity contribution in [2.75, 3.05) is 18.4 Å². The summed E-state index contributed by atoms with van der Waals surface area (Å²) in [5.41, 5.74) is 1.84. The Morgan fingerprint density at radius 1 is 1.33 bits per heavy atom. The zero-order valence-electron chi connectivity index (χ0n) is 12.8. The van der Waals surface area contributed by atoms with Crippen molar-refractivity contribution < 1.29 is 14.3 Å². The molecule has 1 N–H and O–H groups in total. The Morgan fingerprint density at radius 2 is 2.00 bits per heavy atom. The van der Waals surface area contributed by atoms with Crippen molar-refractivity contribution in [2.45, 2.75) is 38.7 Å². The molecule has 0 unspecified atom stereocenters. The molecule has 1 spiro atoms. The van der Waals surface area contributed by atoms with Crippen molar-refractivity contribution in [2.24, 2.45) is 0 Å². The number of carbonyl (C=O) groups is 2. The first-order chi connectivity index (χ1) is 9.71. The summed E-state index contributed by atoms with van der Waals surface area (Å²) in [5.74, 6) is -0.0251. The smallest absolute Gasteiger partial charge is 0.410 e. The molecular weight excluding hydrogens is 268 g/mol. The molecule has 1 saturated heterocycles. The lowest BCUT2D eigenvalue weighted by atomic mass is 9.75. The fourth-order valence-corrected chi connectivity index (χ4v) is 2.92. The second-order valence-corrected chi connectivity index (χ2v) is 6.92. The van der Waals surface area contributed by atoms with Crippen molar-refractivity contribution >= 4 is 17.7 Å². The minimum atomic E-state index is -0.597. The highest BCUT2D eigenvalue weighted by molar-refractivity contribution is 6.08. The Morgan fingerprint density at radius 3 is 2.62 bits per heavy atom. The van der Waals surface area contributed by atoms with Gasteiger partial charge in [-0.3, -0.25) is 4.79 Å². The molecule has 2 heterocycles. The van der Waals surface area contributed by atoms with Gasteiger partial charge in [0, 0.05) is 18.8 Å². The number of carbonyl (C=O) groups excluding carboxylic acids is 2. The SMILES string of the molecule is Cc1ccc2c(c1)NC(=O)C21CN(C(=O)OC(C)(C)C)C1. The second-order valence-electron chi connectivity index (χ2n) is 6.92. The molecule has 1 aromatic rings. The Kier molecular flexibility index (Phi) is 2.80. The zero-order valence-corrected chi connectivity index (χ0v) is 12.8. The predicted molar refractivity (Wildman–Crippen MR) is 79.3 cm³/mol. The van der Waals surface area contributed by atoms with Gasteiger partial charge in [0.05, 0.1) is 0 Å². The van der Waals surface area contributed by atoms with Crippen molar-refractivity contribution in [3.05, 3.63) is 29.3 Å². The Balaban J connectivity index is 1.78. The number of hydrogen-bond acceptors (Lipinski definition) is 3. The van der Waals surface area contributed by atoms with Crippen LogP contribution in [0, 0.1) is 6.92 Å². The largest absolute Gasteiger partial charge is 0.444 e. The van der Waals surface area contributed by atoms with E-state index >= 15 is 0 Å². The third-order valence-corrected chi connectivity index (χ3v) is 3.95. The minimum absolute atomic E-state index is 0.0251. The molecule has 1 fully saturated rings. The number of aryl methyl sites for hydroxylation is 1. The monoisotopic (exact) mass is 288 g/mol. The molecular formula is C16H20N2O3. The van der Waals surface area contributed by atoms with E-state index in [9.17, 15) is 9.59 Å². The molecule has 21 heavy (non-hydrogen) atoms. The maximum absolute atomic E-state index is 12.3. The second kappa shape index (κ2) is 4.23. The number of hydrogen-bond donors (Lipinski definition) is 1. The van der Waals surface area contributed by atoms with Gasteiger partial charge in [-0.15, -0.1) is 0 Å². The van der Waals surface area contributed by atoms with Crippen LogP contribution >= 0.6 is 0 Å². The molecule has 0 radical (unpaired) electrons. The molecule has 2 amide bonds. The lowest BCUT2D eigenvalue weighted by Gasteiger charge is -2.46. The number of rotatable bonds is 0. The van der Waals surface area contributed by atoms with Crippen molar-refractivity contribution in [3.8, 4) is 0 Å². The van der Waals surface area contributed by atoms with E-state index in [0.717, 1.165) is 16.8 Å². The molecule has 0 aliphatic carbocycles. The van der Waals surface area contributed by atoms with Gasteiger partial charge in [0.1, 0.15) is 11.0 Å². The quantitative estimate of drug-likeness (QED) is 0.797. The number of nitrogens with one attached hydrogen (secondary N) is 1. The van der Waals surface area contributed by atoms with Crippen LogP contribution in [0.5, 0.6) is 0 Å². The molecule has 5 heteroatoms. The molecule has 0 saturated carbocycles. The summed E-state index contributed by atoms with van der Waals surface area (Å²) in [4.78, 5) is 25.9. The van der Waals surface area contributed by atoms with Gasteiger partial charge < -0.3 is 15.0 Å². The first-order valence-electron chi connectivity index (χ1n) is 7.12. The fraction of sp³-hybridized carbons (Fsp3) is 0.500. The van der Waals surface area contributed by atoms with Crippen LogP contribution in [0.15, 0.2) is 18.2 Å². The highest BCUT2D eigenvalue weighted by atomic mass is 16.6. The van der Waals surface area contributed by atoms with E-state index in [1.807, 2.05) is 45.9 Å². The third kappa shape index (κ3) is 2.17. The van der Waals surface area contributed by atoms with Crippen LogP contribution in [-0.2, 0) is 14.9 Å². The van der Waals surface area contributed by atoms with Crippen molar-refractivity contribution in [1.82, 2.24) is 4.90 Å². The number of nitrogens with zero attached hydrogens (tertiary/aromatic N) is 1. The van der Waals surface area contributed by atoms with E-state index in [2.05, 4.69) is 5.32 Å². The van der Waals surface area contributed by atoms with Gasteiger partial charge in [0.25, 0.3) is 0 Å². The number of benzene rings is 1. The first-order valence-corrected chi connectivity index (χ1v) is 7.12. The highest BCUT2D eigenvalue weighted by Crippen LogP contribution is 2.44. The summed E-state index contributed by atoms with van der Waals surface area (Å²) in [5, 5.41) is 2.92. The third-order valence-electron chi connectivity index (χ3n) is 3.95. The Bertz CT molecular complexity index is 625. The lowest BCUT2D eigenvalue weighted by Crippen LogP contribution is -2.64. The molecule has 112 valence electrons. The molecule has 2 aliphatic heterocycles. The average molecular weight is 288 g/mol. The van der Waals surface area contributed by atoms with Crippen molar-refractivity contribution in [3.63, 3.8) is 0 Å². The van der Waals surface area contributed by atoms with Gasteiger partial charge in [0.2, 0.25) is 5.91 Å². The Labute approximate surface area is 124 Å². The summed E-state index contributed by atoms with van der Waals surface area (Å²) in [6, 6.07) is 5.95. The summed E-state index contributed by atoms with van der Waals surface area (Å²) in [6.45, 7) is 8.25. The van der Waals surface area contributed by atoms with Crippen LogP contribution in [0.3, 0.4) is 0 Å². The van der Waals surface area contributed by atoms with Gasteiger partial charge in [-0.25, -0.2) is 4.79 Å². The van der Waals surface area contributed by atoms with Crippen LogP contribution in [0.4, 0.5) is 10.5 Å². The van der Waals surface area contributed by atoms with E-state index < -0.39 is 11.0 Å². The average Bonchev–Trinajstić information content (AvgIpc) is 2.55. The van der Waals surface area contributed by atoms with E-state index in [0.29, 0.717) is 13.1 Å². The maximum atomic E-state index is 12.3. The van der Waals surface area contributed by atoms with Crippen molar-refractivity contribution in [1.29, 1.82) is 0 Å². The van der Waals surface area contributed by atoms with Gasteiger partial charge in [-0.05, 0) is 44.9 Å².